The van der Waals surface area contributed by atoms with E-state index in [9.17, 15) is 0 Å². The molecule has 0 atom stereocenters. The van der Waals surface area contributed by atoms with Crippen molar-refractivity contribution in [2.75, 3.05) is 19.6 Å². The highest BCUT2D eigenvalue weighted by atomic mass is 15.1. The van der Waals surface area contributed by atoms with Crippen LogP contribution >= 0.6 is 0 Å². The highest BCUT2D eigenvalue weighted by Gasteiger charge is 2.14. The normalized spacial score (nSPS) is 19.2. The molecule has 76 valence electrons. The van der Waals surface area contributed by atoms with Gasteiger partial charge in [-0.25, -0.2) is 0 Å². The van der Waals surface area contributed by atoms with Crippen LogP contribution in [-0.2, 0) is 0 Å². The van der Waals surface area contributed by atoms with Gasteiger partial charge in [-0.3, -0.25) is 4.90 Å². The van der Waals surface area contributed by atoms with E-state index in [0.717, 1.165) is 19.5 Å². The summed E-state index contributed by atoms with van der Waals surface area (Å²) in [6, 6.07) is 0.682. The molecule has 0 saturated heterocycles. The van der Waals surface area contributed by atoms with Crippen molar-refractivity contribution in [3.63, 3.8) is 0 Å². The van der Waals surface area contributed by atoms with E-state index >= 15 is 0 Å². The lowest BCUT2D eigenvalue weighted by Crippen LogP contribution is -2.35. The van der Waals surface area contributed by atoms with Crippen molar-refractivity contribution in [2.45, 2.75) is 39.2 Å². The maximum atomic E-state index is 5.50. The number of hydrogen-bond acceptors (Lipinski definition) is 2. The Morgan fingerprint density at radius 3 is 2.92 bits per heavy atom. The number of hydrogen-bond donors (Lipinski definition) is 1. The molecule has 1 aliphatic rings. The first-order valence-corrected chi connectivity index (χ1v) is 5.36. The highest BCUT2D eigenvalue weighted by molar-refractivity contribution is 5.08. The summed E-state index contributed by atoms with van der Waals surface area (Å²) in [5.41, 5.74) is 7.09. The van der Waals surface area contributed by atoms with Crippen LogP contribution in [0.1, 0.15) is 33.1 Å². The van der Waals surface area contributed by atoms with Crippen LogP contribution in [0.5, 0.6) is 0 Å². The van der Waals surface area contributed by atoms with Gasteiger partial charge in [-0.05, 0) is 39.7 Å². The molecule has 0 aromatic rings. The van der Waals surface area contributed by atoms with E-state index in [0.29, 0.717) is 6.04 Å². The predicted molar refractivity (Wildman–Crippen MR) is 57.7 cm³/mol. The molecule has 2 heteroatoms. The summed E-state index contributed by atoms with van der Waals surface area (Å²) in [7, 11) is 0. The van der Waals surface area contributed by atoms with Gasteiger partial charge in [0.1, 0.15) is 0 Å². The fourth-order valence-electron chi connectivity index (χ4n) is 1.79. The van der Waals surface area contributed by atoms with E-state index in [2.05, 4.69) is 24.8 Å². The Bertz CT molecular complexity index is 173. The van der Waals surface area contributed by atoms with Gasteiger partial charge >= 0.3 is 0 Å². The second kappa shape index (κ2) is 5.40. The minimum Gasteiger partial charge on any atom is -0.330 e. The number of rotatable bonds is 4. The molecule has 0 unspecified atom stereocenters. The molecule has 0 amide bonds. The summed E-state index contributed by atoms with van der Waals surface area (Å²) in [5, 5.41) is 0. The third-order valence-corrected chi connectivity index (χ3v) is 2.69. The Morgan fingerprint density at radius 2 is 2.31 bits per heavy atom. The van der Waals surface area contributed by atoms with Crippen LogP contribution in [0.4, 0.5) is 0 Å². The molecule has 0 bridgehead atoms. The van der Waals surface area contributed by atoms with E-state index in [1.807, 2.05) is 0 Å². The van der Waals surface area contributed by atoms with Crippen LogP contribution in [0.2, 0.25) is 0 Å². The van der Waals surface area contributed by atoms with Crippen molar-refractivity contribution >= 4 is 0 Å². The third kappa shape index (κ3) is 3.49. The van der Waals surface area contributed by atoms with Crippen LogP contribution in [0.15, 0.2) is 11.6 Å². The molecule has 2 nitrogen and oxygen atoms in total. The van der Waals surface area contributed by atoms with Gasteiger partial charge in [0.25, 0.3) is 0 Å². The zero-order chi connectivity index (χ0) is 9.68. The van der Waals surface area contributed by atoms with Gasteiger partial charge in [-0.2, -0.15) is 0 Å². The minimum absolute atomic E-state index is 0.682. The molecule has 13 heavy (non-hydrogen) atoms. The second-order valence-corrected chi connectivity index (χ2v) is 4.11. The molecule has 1 heterocycles. The van der Waals surface area contributed by atoms with E-state index < -0.39 is 0 Å². The topological polar surface area (TPSA) is 29.3 Å². The van der Waals surface area contributed by atoms with Crippen molar-refractivity contribution in [1.29, 1.82) is 0 Å². The molecule has 0 saturated carbocycles. The first-order valence-electron chi connectivity index (χ1n) is 5.36. The van der Waals surface area contributed by atoms with E-state index in [-0.39, 0.29) is 0 Å². The van der Waals surface area contributed by atoms with Gasteiger partial charge in [0.2, 0.25) is 0 Å². The molecule has 1 aliphatic heterocycles. The third-order valence-electron chi connectivity index (χ3n) is 2.69. The summed E-state index contributed by atoms with van der Waals surface area (Å²) >= 11 is 0. The molecule has 0 fully saturated rings. The summed E-state index contributed by atoms with van der Waals surface area (Å²) in [6.45, 7) is 7.75. The van der Waals surface area contributed by atoms with Gasteiger partial charge in [-0.15, -0.1) is 0 Å². The molecule has 1 rings (SSSR count). The largest absolute Gasteiger partial charge is 0.330 e. The van der Waals surface area contributed by atoms with Gasteiger partial charge in [0.05, 0.1) is 0 Å². The maximum absolute atomic E-state index is 5.50. The average Bonchev–Trinajstić information content (AvgIpc) is 2.15. The molecule has 0 aliphatic carbocycles. The summed E-state index contributed by atoms with van der Waals surface area (Å²) in [6.07, 6.45) is 5.95. The Labute approximate surface area is 81.8 Å². The van der Waals surface area contributed by atoms with E-state index in [4.69, 9.17) is 5.73 Å². The highest BCUT2D eigenvalue weighted by Crippen LogP contribution is 2.15. The molecular formula is C11H22N2. The predicted octanol–water partition coefficient (Wildman–Crippen LogP) is 1.77. The average molecular weight is 182 g/mol. The van der Waals surface area contributed by atoms with Crippen LogP contribution in [0, 0.1) is 0 Å². The smallest absolute Gasteiger partial charge is 0.0195 e. The van der Waals surface area contributed by atoms with Gasteiger partial charge in [0, 0.05) is 19.1 Å². The van der Waals surface area contributed by atoms with E-state index in [1.165, 1.54) is 19.4 Å². The lowest BCUT2D eigenvalue weighted by atomic mass is 10.0. The fraction of sp³-hybridized carbons (Fsp3) is 0.818. The minimum atomic E-state index is 0.682. The van der Waals surface area contributed by atoms with Crippen molar-refractivity contribution in [3.05, 3.63) is 11.6 Å². The summed E-state index contributed by atoms with van der Waals surface area (Å²) in [4.78, 5) is 2.53. The molecule has 0 aromatic carbocycles. The Kier molecular flexibility index (Phi) is 4.46. The van der Waals surface area contributed by atoms with Crippen LogP contribution in [-0.4, -0.2) is 30.6 Å². The van der Waals surface area contributed by atoms with Crippen molar-refractivity contribution < 1.29 is 0 Å². The lowest BCUT2D eigenvalue weighted by Gasteiger charge is -2.30. The van der Waals surface area contributed by atoms with Crippen LogP contribution in [0.3, 0.4) is 0 Å². The monoisotopic (exact) mass is 182 g/mol. The van der Waals surface area contributed by atoms with Crippen molar-refractivity contribution in [1.82, 2.24) is 4.90 Å². The Balaban J connectivity index is 2.35. The van der Waals surface area contributed by atoms with Gasteiger partial charge in [0.15, 0.2) is 0 Å². The second-order valence-electron chi connectivity index (χ2n) is 4.11. The standard InChI is InChI=1S/C11H22N2/c1-10(2)13-8-4-6-11(9-13)5-3-7-12/h6,10H,3-5,7-9,12H2,1-2H3. The van der Waals surface area contributed by atoms with Crippen molar-refractivity contribution in [2.24, 2.45) is 5.73 Å². The zero-order valence-electron chi connectivity index (χ0n) is 8.92. The summed E-state index contributed by atoms with van der Waals surface area (Å²) in [5.74, 6) is 0. The zero-order valence-corrected chi connectivity index (χ0v) is 8.92. The molecule has 0 radical (unpaired) electrons. The number of nitrogens with zero attached hydrogens (tertiary/aromatic N) is 1. The SMILES string of the molecule is CC(C)N1CCC=C(CCCN)C1. The first-order chi connectivity index (χ1) is 6.24. The van der Waals surface area contributed by atoms with Gasteiger partial charge < -0.3 is 5.73 Å². The lowest BCUT2D eigenvalue weighted by molar-refractivity contribution is 0.233. The fourth-order valence-corrected chi connectivity index (χ4v) is 1.79. The molecule has 0 spiro atoms. The number of nitrogens with two attached hydrogens (primary N) is 1. The van der Waals surface area contributed by atoms with Crippen LogP contribution < -0.4 is 5.73 Å². The quantitative estimate of drug-likeness (QED) is 0.671. The molecule has 0 aromatic heterocycles. The van der Waals surface area contributed by atoms with E-state index in [1.54, 1.807) is 5.57 Å². The van der Waals surface area contributed by atoms with Gasteiger partial charge in [-0.1, -0.05) is 11.6 Å². The van der Waals surface area contributed by atoms with Crippen LogP contribution in [0.25, 0.3) is 0 Å². The first kappa shape index (κ1) is 10.7. The Hall–Kier alpha value is -0.340. The summed E-state index contributed by atoms with van der Waals surface area (Å²) < 4.78 is 0. The Morgan fingerprint density at radius 1 is 1.54 bits per heavy atom. The maximum Gasteiger partial charge on any atom is 0.0195 e. The molecule has 2 N–H and O–H groups in total. The molecular weight excluding hydrogens is 160 g/mol. The van der Waals surface area contributed by atoms with Crippen molar-refractivity contribution in [3.8, 4) is 0 Å².